The first-order valence-electron chi connectivity index (χ1n) is 7.47. The first-order chi connectivity index (χ1) is 9.76. The molecule has 0 spiro atoms. The molecule has 1 amide bonds. The van der Waals surface area contributed by atoms with E-state index in [1.807, 2.05) is 36.1 Å². The first kappa shape index (κ1) is 17.8. The summed E-state index contributed by atoms with van der Waals surface area (Å²) >= 11 is 0. The topological polar surface area (TPSA) is 55.6 Å². The zero-order valence-electron chi connectivity index (χ0n) is 12.6. The Morgan fingerprint density at radius 2 is 2.19 bits per heavy atom. The lowest BCUT2D eigenvalue weighted by molar-refractivity contribution is 0.0665. The number of rotatable bonds is 5. The molecule has 2 rings (SSSR count). The summed E-state index contributed by atoms with van der Waals surface area (Å²) in [5.74, 6) is 1.30. The van der Waals surface area contributed by atoms with E-state index in [4.69, 9.17) is 10.5 Å². The molecule has 118 valence electrons. The fourth-order valence-corrected chi connectivity index (χ4v) is 2.82. The lowest BCUT2D eigenvalue weighted by Crippen LogP contribution is -2.40. The largest absolute Gasteiger partial charge is 0.493 e. The average molecular weight is 313 g/mol. The van der Waals surface area contributed by atoms with E-state index in [-0.39, 0.29) is 18.3 Å². The normalized spacial score (nSPS) is 18.0. The van der Waals surface area contributed by atoms with E-state index in [9.17, 15) is 4.79 Å². The Labute approximate surface area is 133 Å². The van der Waals surface area contributed by atoms with Crippen LogP contribution in [0.4, 0.5) is 0 Å². The van der Waals surface area contributed by atoms with Crippen molar-refractivity contribution in [2.75, 3.05) is 26.2 Å². The molecule has 4 nitrogen and oxygen atoms in total. The van der Waals surface area contributed by atoms with Gasteiger partial charge in [-0.3, -0.25) is 4.79 Å². The Morgan fingerprint density at radius 3 is 2.90 bits per heavy atom. The third kappa shape index (κ3) is 4.61. The number of piperidine rings is 1. The number of nitrogens with zero attached hydrogens (tertiary/aromatic N) is 1. The summed E-state index contributed by atoms with van der Waals surface area (Å²) < 4.78 is 5.56. The van der Waals surface area contributed by atoms with Gasteiger partial charge in [0, 0.05) is 13.1 Å². The van der Waals surface area contributed by atoms with Gasteiger partial charge in [-0.05, 0) is 50.8 Å². The number of ether oxygens (including phenoxy) is 1. The van der Waals surface area contributed by atoms with E-state index in [1.165, 1.54) is 6.42 Å². The fourth-order valence-electron chi connectivity index (χ4n) is 2.82. The standard InChI is InChI=1S/C16H24N2O2.ClH/c1-2-20-15-8-4-3-7-14(15)16(19)18-11-5-6-13(12-18)9-10-17;/h3-4,7-8,13H,2,5-6,9-12,17H2,1H3;1H. The predicted molar refractivity (Wildman–Crippen MR) is 87.2 cm³/mol. The molecule has 0 aromatic heterocycles. The Kier molecular flexibility index (Phi) is 7.54. The van der Waals surface area contributed by atoms with Crippen molar-refractivity contribution in [2.24, 2.45) is 11.7 Å². The molecule has 1 aliphatic heterocycles. The highest BCUT2D eigenvalue weighted by molar-refractivity contribution is 5.97. The van der Waals surface area contributed by atoms with E-state index in [1.54, 1.807) is 0 Å². The van der Waals surface area contributed by atoms with Crippen LogP contribution in [0.2, 0.25) is 0 Å². The van der Waals surface area contributed by atoms with Crippen molar-refractivity contribution < 1.29 is 9.53 Å². The molecule has 5 heteroatoms. The van der Waals surface area contributed by atoms with Gasteiger partial charge in [-0.2, -0.15) is 0 Å². The zero-order chi connectivity index (χ0) is 14.4. The molecule has 1 aliphatic rings. The molecule has 1 aromatic rings. The van der Waals surface area contributed by atoms with Crippen molar-refractivity contribution >= 4 is 18.3 Å². The molecular weight excluding hydrogens is 288 g/mol. The Morgan fingerprint density at radius 1 is 1.43 bits per heavy atom. The molecule has 0 bridgehead atoms. The van der Waals surface area contributed by atoms with Crippen LogP contribution in [0.3, 0.4) is 0 Å². The Hall–Kier alpha value is -1.26. The molecule has 2 N–H and O–H groups in total. The number of hydrogen-bond donors (Lipinski definition) is 1. The number of likely N-dealkylation sites (tertiary alicyclic amines) is 1. The smallest absolute Gasteiger partial charge is 0.257 e. The molecule has 21 heavy (non-hydrogen) atoms. The minimum absolute atomic E-state index is 0. The number of nitrogens with two attached hydrogens (primary N) is 1. The summed E-state index contributed by atoms with van der Waals surface area (Å²) in [7, 11) is 0. The second-order valence-corrected chi connectivity index (χ2v) is 5.27. The number of halogens is 1. The summed E-state index contributed by atoms with van der Waals surface area (Å²) in [5.41, 5.74) is 6.30. The summed E-state index contributed by atoms with van der Waals surface area (Å²) in [5, 5.41) is 0. The van der Waals surface area contributed by atoms with Crippen LogP contribution < -0.4 is 10.5 Å². The summed E-state index contributed by atoms with van der Waals surface area (Å²) in [6.07, 6.45) is 3.23. The highest BCUT2D eigenvalue weighted by Crippen LogP contribution is 2.24. The maximum absolute atomic E-state index is 12.7. The van der Waals surface area contributed by atoms with Crippen molar-refractivity contribution in [3.63, 3.8) is 0 Å². The van der Waals surface area contributed by atoms with Crippen LogP contribution in [0.15, 0.2) is 24.3 Å². The maximum atomic E-state index is 12.7. The van der Waals surface area contributed by atoms with Gasteiger partial charge in [0.05, 0.1) is 12.2 Å². The molecule has 1 saturated heterocycles. The van der Waals surface area contributed by atoms with Crippen LogP contribution in [-0.4, -0.2) is 37.0 Å². The Bertz CT molecular complexity index is 452. The summed E-state index contributed by atoms with van der Waals surface area (Å²) in [6.45, 7) is 4.85. The van der Waals surface area contributed by atoms with Gasteiger partial charge < -0.3 is 15.4 Å². The Balaban J connectivity index is 0.00000220. The van der Waals surface area contributed by atoms with Crippen LogP contribution >= 0.6 is 12.4 Å². The van der Waals surface area contributed by atoms with Crippen LogP contribution in [0.5, 0.6) is 5.75 Å². The molecule has 1 heterocycles. The predicted octanol–water partition coefficient (Wildman–Crippen LogP) is 2.71. The van der Waals surface area contributed by atoms with Crippen molar-refractivity contribution in [1.29, 1.82) is 0 Å². The van der Waals surface area contributed by atoms with Crippen molar-refractivity contribution in [3.05, 3.63) is 29.8 Å². The number of benzene rings is 1. The van der Waals surface area contributed by atoms with Gasteiger partial charge in [-0.15, -0.1) is 12.4 Å². The molecule has 0 aliphatic carbocycles. The quantitative estimate of drug-likeness (QED) is 0.909. The van der Waals surface area contributed by atoms with Gasteiger partial charge in [0.1, 0.15) is 5.75 Å². The van der Waals surface area contributed by atoms with Gasteiger partial charge in [0.25, 0.3) is 5.91 Å². The summed E-state index contributed by atoms with van der Waals surface area (Å²) in [4.78, 5) is 14.6. The molecule has 0 radical (unpaired) electrons. The van der Waals surface area contributed by atoms with Crippen molar-refractivity contribution in [3.8, 4) is 5.75 Å². The number of hydrogen-bond acceptors (Lipinski definition) is 3. The van der Waals surface area contributed by atoms with E-state index in [0.29, 0.717) is 30.4 Å². The number of amides is 1. The van der Waals surface area contributed by atoms with Gasteiger partial charge in [0.2, 0.25) is 0 Å². The van der Waals surface area contributed by atoms with E-state index >= 15 is 0 Å². The maximum Gasteiger partial charge on any atom is 0.257 e. The zero-order valence-corrected chi connectivity index (χ0v) is 13.4. The highest BCUT2D eigenvalue weighted by Gasteiger charge is 2.25. The van der Waals surface area contributed by atoms with E-state index in [2.05, 4.69) is 0 Å². The molecular formula is C16H25ClN2O2. The molecule has 0 saturated carbocycles. The van der Waals surface area contributed by atoms with E-state index < -0.39 is 0 Å². The van der Waals surface area contributed by atoms with Gasteiger partial charge in [-0.1, -0.05) is 12.1 Å². The first-order valence-corrected chi connectivity index (χ1v) is 7.47. The molecule has 1 atom stereocenters. The minimum Gasteiger partial charge on any atom is -0.493 e. The fraction of sp³-hybridized carbons (Fsp3) is 0.562. The van der Waals surface area contributed by atoms with Crippen LogP contribution in [0.25, 0.3) is 0 Å². The second kappa shape index (κ2) is 8.90. The number of carbonyl (C=O) groups excluding carboxylic acids is 1. The highest BCUT2D eigenvalue weighted by atomic mass is 35.5. The molecule has 1 unspecified atom stereocenters. The van der Waals surface area contributed by atoms with Crippen LogP contribution in [0, 0.1) is 5.92 Å². The third-order valence-corrected chi connectivity index (χ3v) is 3.80. The van der Waals surface area contributed by atoms with Crippen LogP contribution in [0.1, 0.15) is 36.5 Å². The van der Waals surface area contributed by atoms with Crippen molar-refractivity contribution in [2.45, 2.75) is 26.2 Å². The third-order valence-electron chi connectivity index (χ3n) is 3.80. The monoisotopic (exact) mass is 312 g/mol. The molecule has 1 fully saturated rings. The van der Waals surface area contributed by atoms with Crippen molar-refractivity contribution in [1.82, 2.24) is 4.90 Å². The number of para-hydroxylation sites is 1. The van der Waals surface area contributed by atoms with Crippen LogP contribution in [-0.2, 0) is 0 Å². The SMILES string of the molecule is CCOc1ccccc1C(=O)N1CCCC(CCN)C1.Cl. The lowest BCUT2D eigenvalue weighted by Gasteiger charge is -2.33. The second-order valence-electron chi connectivity index (χ2n) is 5.27. The average Bonchev–Trinajstić information content (AvgIpc) is 2.48. The summed E-state index contributed by atoms with van der Waals surface area (Å²) in [6, 6.07) is 7.49. The van der Waals surface area contributed by atoms with Gasteiger partial charge in [-0.25, -0.2) is 0 Å². The lowest BCUT2D eigenvalue weighted by atomic mass is 9.94. The van der Waals surface area contributed by atoms with Gasteiger partial charge in [0.15, 0.2) is 0 Å². The number of carbonyl (C=O) groups is 1. The van der Waals surface area contributed by atoms with E-state index in [0.717, 1.165) is 25.9 Å². The minimum atomic E-state index is 0. The van der Waals surface area contributed by atoms with Gasteiger partial charge >= 0.3 is 0 Å². The molecule has 1 aromatic carbocycles.